The van der Waals surface area contributed by atoms with E-state index in [1.54, 1.807) is 6.20 Å². The van der Waals surface area contributed by atoms with Crippen LogP contribution < -0.4 is 10.6 Å². The number of carbonyl (C=O) groups excluding carboxylic acids is 1. The summed E-state index contributed by atoms with van der Waals surface area (Å²) < 4.78 is 5.28. The second-order valence-electron chi connectivity index (χ2n) is 5.26. The maximum Gasteiger partial charge on any atom is 0.319 e. The summed E-state index contributed by atoms with van der Waals surface area (Å²) in [6, 6.07) is 7.33. The highest BCUT2D eigenvalue weighted by Crippen LogP contribution is 2.19. The fourth-order valence-electron chi connectivity index (χ4n) is 2.19. The van der Waals surface area contributed by atoms with E-state index in [1.165, 1.54) is 6.20 Å². The summed E-state index contributed by atoms with van der Waals surface area (Å²) in [5.41, 5.74) is 2.38. The summed E-state index contributed by atoms with van der Waals surface area (Å²) in [7, 11) is 0. The normalized spacial score (nSPS) is 10.5. The van der Waals surface area contributed by atoms with Crippen LogP contribution in [0, 0.1) is 0 Å². The molecule has 8 nitrogen and oxygen atoms in total. The van der Waals surface area contributed by atoms with Crippen LogP contribution in [-0.2, 0) is 13.0 Å². The van der Waals surface area contributed by atoms with E-state index in [1.807, 2.05) is 24.3 Å². The molecule has 24 heavy (non-hydrogen) atoms. The third-order valence-corrected chi connectivity index (χ3v) is 3.32. The molecule has 3 N–H and O–H groups in total. The Morgan fingerprint density at radius 3 is 3.08 bits per heavy atom. The van der Waals surface area contributed by atoms with Crippen LogP contribution in [0.2, 0.25) is 0 Å². The number of anilines is 1. The second-order valence-corrected chi connectivity index (χ2v) is 5.26. The maximum absolute atomic E-state index is 11.8. The number of amides is 2. The molecule has 0 fully saturated rings. The molecule has 2 heterocycles. The van der Waals surface area contributed by atoms with Crippen molar-refractivity contribution < 1.29 is 9.32 Å². The number of rotatable bonds is 6. The Morgan fingerprint density at radius 2 is 2.29 bits per heavy atom. The summed E-state index contributed by atoms with van der Waals surface area (Å²) >= 11 is 0. The van der Waals surface area contributed by atoms with E-state index in [-0.39, 0.29) is 6.03 Å². The lowest BCUT2D eigenvalue weighted by Gasteiger charge is -2.06. The zero-order chi connectivity index (χ0) is 16.8. The van der Waals surface area contributed by atoms with E-state index in [0.717, 1.165) is 24.0 Å². The molecule has 2 amide bonds. The fraction of sp³-hybridized carbons (Fsp3) is 0.250. The van der Waals surface area contributed by atoms with Crippen molar-refractivity contribution in [3.05, 3.63) is 48.0 Å². The Kier molecular flexibility index (Phi) is 4.85. The lowest BCUT2D eigenvalue weighted by atomic mass is 10.1. The van der Waals surface area contributed by atoms with Gasteiger partial charge in [0.1, 0.15) is 0 Å². The van der Waals surface area contributed by atoms with E-state index >= 15 is 0 Å². The third-order valence-electron chi connectivity index (χ3n) is 3.32. The first-order valence-corrected chi connectivity index (χ1v) is 7.70. The number of aromatic nitrogens is 4. The highest BCUT2D eigenvalue weighted by molar-refractivity contribution is 5.88. The molecule has 0 unspecified atom stereocenters. The number of aromatic amines is 1. The number of urea groups is 1. The van der Waals surface area contributed by atoms with Gasteiger partial charge < -0.3 is 15.2 Å². The van der Waals surface area contributed by atoms with Crippen LogP contribution >= 0.6 is 0 Å². The van der Waals surface area contributed by atoms with E-state index < -0.39 is 0 Å². The molecule has 0 radical (unpaired) electrons. The quantitative estimate of drug-likeness (QED) is 0.645. The number of carbonyl (C=O) groups is 1. The van der Waals surface area contributed by atoms with E-state index in [0.29, 0.717) is 23.9 Å². The number of nitrogens with one attached hydrogen (secondary N) is 3. The van der Waals surface area contributed by atoms with Crippen LogP contribution in [0.25, 0.3) is 11.5 Å². The number of H-pyrrole nitrogens is 1. The van der Waals surface area contributed by atoms with Crippen molar-refractivity contribution in [2.45, 2.75) is 26.3 Å². The van der Waals surface area contributed by atoms with Gasteiger partial charge in [-0.15, -0.1) is 0 Å². The smallest absolute Gasteiger partial charge is 0.319 e. The van der Waals surface area contributed by atoms with Crippen LogP contribution in [0.15, 0.2) is 41.2 Å². The molecular weight excluding hydrogens is 308 g/mol. The molecule has 0 saturated heterocycles. The molecule has 0 aliphatic carbocycles. The number of hydrogen-bond donors (Lipinski definition) is 3. The molecule has 1 aromatic carbocycles. The monoisotopic (exact) mass is 326 g/mol. The van der Waals surface area contributed by atoms with E-state index in [2.05, 4.69) is 37.9 Å². The van der Waals surface area contributed by atoms with Gasteiger partial charge in [-0.25, -0.2) is 4.79 Å². The minimum atomic E-state index is -0.301. The Balaban J connectivity index is 1.61. The Bertz CT molecular complexity index is 797. The molecule has 0 aliphatic heterocycles. The van der Waals surface area contributed by atoms with Gasteiger partial charge in [0.25, 0.3) is 5.89 Å². The zero-order valence-electron chi connectivity index (χ0n) is 13.2. The topological polar surface area (TPSA) is 109 Å². The molecule has 3 aromatic rings. The van der Waals surface area contributed by atoms with Crippen LogP contribution in [0.4, 0.5) is 10.5 Å². The van der Waals surface area contributed by atoms with Crippen LogP contribution in [-0.4, -0.2) is 26.4 Å². The van der Waals surface area contributed by atoms with Gasteiger partial charge in [-0.3, -0.25) is 5.10 Å². The predicted molar refractivity (Wildman–Crippen MR) is 88.2 cm³/mol. The van der Waals surface area contributed by atoms with E-state index in [4.69, 9.17) is 4.52 Å². The standard InChI is InChI=1S/C16H18N6O2/c1-2-4-14-21-15(24-22-14)12-6-3-5-11(7-12)8-17-16(23)20-13-9-18-19-10-13/h3,5-7,9-10H,2,4,8H2,1H3,(H,18,19)(H2,17,20,23). The molecule has 0 saturated carbocycles. The SMILES string of the molecule is CCCc1noc(-c2cccc(CNC(=O)Nc3cn[nH]c3)c2)n1. The fourth-order valence-corrected chi connectivity index (χ4v) is 2.19. The van der Waals surface area contributed by atoms with Gasteiger partial charge >= 0.3 is 6.03 Å². The van der Waals surface area contributed by atoms with Crippen LogP contribution in [0.5, 0.6) is 0 Å². The zero-order valence-corrected chi connectivity index (χ0v) is 13.2. The summed E-state index contributed by atoms with van der Waals surface area (Å²) in [4.78, 5) is 16.2. The van der Waals surface area contributed by atoms with Crippen molar-refractivity contribution in [3.8, 4) is 11.5 Å². The van der Waals surface area contributed by atoms with Crippen molar-refractivity contribution >= 4 is 11.7 Å². The minimum absolute atomic E-state index is 0.301. The lowest BCUT2D eigenvalue weighted by molar-refractivity contribution is 0.251. The molecule has 124 valence electrons. The van der Waals surface area contributed by atoms with Gasteiger partial charge in [-0.05, 0) is 24.1 Å². The number of hydrogen-bond acceptors (Lipinski definition) is 5. The average molecular weight is 326 g/mol. The molecular formula is C16H18N6O2. The van der Waals surface area contributed by atoms with Crippen molar-refractivity contribution in [1.29, 1.82) is 0 Å². The molecule has 8 heteroatoms. The first-order valence-electron chi connectivity index (χ1n) is 7.70. The largest absolute Gasteiger partial charge is 0.334 e. The van der Waals surface area contributed by atoms with E-state index in [9.17, 15) is 4.79 Å². The average Bonchev–Trinajstić information content (AvgIpc) is 3.26. The molecule has 0 aliphatic rings. The maximum atomic E-state index is 11.8. The van der Waals surface area contributed by atoms with Gasteiger partial charge in [0.15, 0.2) is 5.82 Å². The number of aryl methyl sites for hydroxylation is 1. The summed E-state index contributed by atoms with van der Waals surface area (Å²) in [5.74, 6) is 1.19. The molecule has 0 spiro atoms. The lowest BCUT2D eigenvalue weighted by Crippen LogP contribution is -2.27. The Hall–Kier alpha value is -3.16. The summed E-state index contributed by atoms with van der Waals surface area (Å²) in [6.45, 7) is 2.45. The van der Waals surface area contributed by atoms with Gasteiger partial charge in [0.05, 0.1) is 11.9 Å². The van der Waals surface area contributed by atoms with Crippen molar-refractivity contribution in [1.82, 2.24) is 25.7 Å². The highest BCUT2D eigenvalue weighted by atomic mass is 16.5. The second kappa shape index (κ2) is 7.40. The van der Waals surface area contributed by atoms with Gasteiger partial charge in [0, 0.05) is 24.7 Å². The van der Waals surface area contributed by atoms with Crippen LogP contribution in [0.3, 0.4) is 0 Å². The predicted octanol–water partition coefficient (Wildman–Crippen LogP) is 2.73. The minimum Gasteiger partial charge on any atom is -0.334 e. The van der Waals surface area contributed by atoms with Gasteiger partial charge in [-0.2, -0.15) is 10.1 Å². The van der Waals surface area contributed by atoms with Crippen molar-refractivity contribution in [2.24, 2.45) is 0 Å². The van der Waals surface area contributed by atoms with Gasteiger partial charge in [0.2, 0.25) is 0 Å². The van der Waals surface area contributed by atoms with Crippen LogP contribution in [0.1, 0.15) is 24.7 Å². The first-order chi connectivity index (χ1) is 11.7. The summed E-state index contributed by atoms with van der Waals surface area (Å²) in [6.07, 6.45) is 4.89. The summed E-state index contributed by atoms with van der Waals surface area (Å²) in [5, 5.41) is 15.8. The molecule has 0 bridgehead atoms. The molecule has 3 rings (SSSR count). The van der Waals surface area contributed by atoms with Crippen molar-refractivity contribution in [3.63, 3.8) is 0 Å². The first kappa shape index (κ1) is 15.7. The Labute approximate surface area is 138 Å². The number of nitrogens with zero attached hydrogens (tertiary/aromatic N) is 3. The Morgan fingerprint density at radius 1 is 1.38 bits per heavy atom. The molecule has 2 aromatic heterocycles. The third kappa shape index (κ3) is 3.97. The highest BCUT2D eigenvalue weighted by Gasteiger charge is 2.09. The number of benzene rings is 1. The van der Waals surface area contributed by atoms with Crippen molar-refractivity contribution in [2.75, 3.05) is 5.32 Å². The molecule has 0 atom stereocenters. The van der Waals surface area contributed by atoms with Gasteiger partial charge in [-0.1, -0.05) is 24.2 Å².